The van der Waals surface area contributed by atoms with E-state index in [0.717, 1.165) is 50.1 Å². The van der Waals surface area contributed by atoms with Crippen molar-refractivity contribution in [2.75, 3.05) is 43.4 Å². The van der Waals surface area contributed by atoms with Gasteiger partial charge in [0.25, 0.3) is 0 Å². The normalized spacial score (nSPS) is 17.2. The average Bonchev–Trinajstić information content (AvgIpc) is 2.76. The highest BCUT2D eigenvalue weighted by atomic mass is 16.5. The maximum absolute atomic E-state index is 5.94. The van der Waals surface area contributed by atoms with Crippen molar-refractivity contribution in [2.24, 2.45) is 0 Å². The summed E-state index contributed by atoms with van der Waals surface area (Å²) in [5, 5.41) is 4.02. The number of nitrogens with one attached hydrogen (secondary N) is 1. The highest BCUT2D eigenvalue weighted by Crippen LogP contribution is 2.27. The van der Waals surface area contributed by atoms with Crippen LogP contribution in [0.5, 0.6) is 5.88 Å². The number of benzene rings is 1. The summed E-state index contributed by atoms with van der Waals surface area (Å²) in [6.45, 7) is 4.27. The Balaban J connectivity index is 1.34. The Labute approximate surface area is 182 Å². The molecule has 1 saturated heterocycles. The lowest BCUT2D eigenvalue weighted by Crippen LogP contribution is -2.44. The van der Waals surface area contributed by atoms with Crippen LogP contribution < -0.4 is 15.0 Å². The summed E-state index contributed by atoms with van der Waals surface area (Å²) in [5.41, 5.74) is 3.39. The third-order valence-electron chi connectivity index (χ3n) is 6.03. The van der Waals surface area contributed by atoms with Crippen molar-refractivity contribution in [3.8, 4) is 18.2 Å². The lowest BCUT2D eigenvalue weighted by atomic mass is 9.96. The Morgan fingerprint density at radius 1 is 1.10 bits per heavy atom. The largest absolute Gasteiger partial charge is 0.474 e. The molecule has 7 heteroatoms. The fourth-order valence-corrected chi connectivity index (χ4v) is 3.83. The molecule has 7 nitrogen and oxygen atoms in total. The van der Waals surface area contributed by atoms with Crippen LogP contribution in [-0.2, 0) is 0 Å². The standard InChI is InChI=1S/C24H26N6O/c1-3-17-15-22(31-20-5-4-6-20)27-23-21(17)16-25-24(28-23)26-18-7-9-19(10-8-18)30-13-11-29(2)12-14-30/h1,7-10,15-16,20H,4-6,11-14H2,2H3,(H,25,26,27,28). The van der Waals surface area contributed by atoms with Gasteiger partial charge in [0.15, 0.2) is 5.65 Å². The fraction of sp³-hybridized carbons (Fsp3) is 0.375. The quantitative estimate of drug-likeness (QED) is 0.642. The molecule has 0 radical (unpaired) electrons. The number of pyridine rings is 1. The molecule has 2 aliphatic rings. The van der Waals surface area contributed by atoms with E-state index < -0.39 is 0 Å². The van der Waals surface area contributed by atoms with Gasteiger partial charge >= 0.3 is 0 Å². The molecule has 3 aromatic rings. The maximum atomic E-state index is 5.94. The Bertz CT molecular complexity index is 1110. The first kappa shape index (κ1) is 19.6. The highest BCUT2D eigenvalue weighted by molar-refractivity contribution is 5.83. The van der Waals surface area contributed by atoms with Gasteiger partial charge in [0.1, 0.15) is 6.10 Å². The Morgan fingerprint density at radius 3 is 2.55 bits per heavy atom. The van der Waals surface area contributed by atoms with Gasteiger partial charge in [-0.2, -0.15) is 9.97 Å². The zero-order valence-corrected chi connectivity index (χ0v) is 17.7. The predicted octanol–water partition coefficient (Wildman–Crippen LogP) is 3.43. The van der Waals surface area contributed by atoms with E-state index in [-0.39, 0.29) is 6.10 Å². The minimum absolute atomic E-state index is 0.230. The van der Waals surface area contributed by atoms with E-state index in [1.807, 2.05) is 0 Å². The number of rotatable bonds is 5. The van der Waals surface area contributed by atoms with Crippen molar-refractivity contribution in [1.29, 1.82) is 0 Å². The van der Waals surface area contributed by atoms with Crippen LogP contribution in [0, 0.1) is 12.3 Å². The number of hydrogen-bond acceptors (Lipinski definition) is 7. The van der Waals surface area contributed by atoms with Gasteiger partial charge in [0, 0.05) is 55.4 Å². The number of fused-ring (bicyclic) bond motifs is 1. The van der Waals surface area contributed by atoms with Gasteiger partial charge in [-0.1, -0.05) is 5.92 Å². The first-order valence-corrected chi connectivity index (χ1v) is 10.8. The number of anilines is 3. The van der Waals surface area contributed by atoms with E-state index in [4.69, 9.17) is 11.2 Å². The lowest BCUT2D eigenvalue weighted by Gasteiger charge is -2.34. The average molecular weight is 415 g/mol. The molecule has 1 aliphatic carbocycles. The summed E-state index contributed by atoms with van der Waals surface area (Å²) in [6, 6.07) is 10.2. The number of aromatic nitrogens is 3. The fourth-order valence-electron chi connectivity index (χ4n) is 3.83. The topological polar surface area (TPSA) is 66.4 Å². The predicted molar refractivity (Wildman–Crippen MR) is 123 cm³/mol. The van der Waals surface area contributed by atoms with Gasteiger partial charge in [-0.25, -0.2) is 4.98 Å². The van der Waals surface area contributed by atoms with Crippen LogP contribution >= 0.6 is 0 Å². The highest BCUT2D eigenvalue weighted by Gasteiger charge is 2.20. The minimum atomic E-state index is 0.230. The van der Waals surface area contributed by atoms with Crippen molar-refractivity contribution in [3.63, 3.8) is 0 Å². The Hall–Kier alpha value is -3.37. The minimum Gasteiger partial charge on any atom is -0.474 e. The van der Waals surface area contributed by atoms with Crippen LogP contribution in [0.2, 0.25) is 0 Å². The summed E-state index contributed by atoms with van der Waals surface area (Å²) in [6.07, 6.45) is 11.0. The van der Waals surface area contributed by atoms with Gasteiger partial charge in [0.05, 0.1) is 5.39 Å². The number of hydrogen-bond donors (Lipinski definition) is 1. The van der Waals surface area contributed by atoms with Crippen molar-refractivity contribution in [1.82, 2.24) is 19.9 Å². The van der Waals surface area contributed by atoms with Crippen LogP contribution in [-0.4, -0.2) is 59.2 Å². The first-order valence-electron chi connectivity index (χ1n) is 10.8. The number of nitrogens with zero attached hydrogens (tertiary/aromatic N) is 5. The molecule has 158 valence electrons. The number of piperazine rings is 1. The molecule has 0 bridgehead atoms. The molecule has 1 saturated carbocycles. The molecule has 0 atom stereocenters. The van der Waals surface area contributed by atoms with E-state index in [2.05, 4.69) is 67.3 Å². The van der Waals surface area contributed by atoms with Crippen LogP contribution in [0.4, 0.5) is 17.3 Å². The summed E-state index contributed by atoms with van der Waals surface area (Å²) >= 11 is 0. The second kappa shape index (κ2) is 8.40. The van der Waals surface area contributed by atoms with Gasteiger partial charge in [-0.15, -0.1) is 6.42 Å². The molecular weight excluding hydrogens is 388 g/mol. The molecule has 3 heterocycles. The number of terminal acetylenes is 1. The van der Waals surface area contributed by atoms with E-state index in [0.29, 0.717) is 23.0 Å². The molecule has 31 heavy (non-hydrogen) atoms. The summed E-state index contributed by atoms with van der Waals surface area (Å²) in [4.78, 5) is 18.4. The second-order valence-corrected chi connectivity index (χ2v) is 8.22. The lowest BCUT2D eigenvalue weighted by molar-refractivity contribution is 0.115. The molecule has 1 aromatic carbocycles. The van der Waals surface area contributed by atoms with Gasteiger partial charge < -0.3 is 19.9 Å². The van der Waals surface area contributed by atoms with E-state index in [1.165, 1.54) is 12.1 Å². The smallest absolute Gasteiger partial charge is 0.229 e. The second-order valence-electron chi connectivity index (χ2n) is 8.22. The van der Waals surface area contributed by atoms with Gasteiger partial charge in [0.2, 0.25) is 11.8 Å². The van der Waals surface area contributed by atoms with Gasteiger partial charge in [-0.05, 0) is 50.6 Å². The molecule has 0 spiro atoms. The molecule has 2 aromatic heterocycles. The van der Waals surface area contributed by atoms with Gasteiger partial charge in [-0.3, -0.25) is 0 Å². The van der Waals surface area contributed by atoms with E-state index in [9.17, 15) is 0 Å². The molecule has 2 fully saturated rings. The van der Waals surface area contributed by atoms with Crippen molar-refractivity contribution in [3.05, 3.63) is 42.1 Å². The SMILES string of the molecule is C#Cc1cc(OC2CCC2)nc2nc(Nc3ccc(N4CCN(C)CC4)cc3)ncc12. The third-order valence-corrected chi connectivity index (χ3v) is 6.03. The molecule has 5 rings (SSSR count). The molecule has 0 amide bonds. The zero-order chi connectivity index (χ0) is 21.2. The Kier molecular flexibility index (Phi) is 5.31. The molecule has 1 aliphatic heterocycles. The maximum Gasteiger partial charge on any atom is 0.229 e. The summed E-state index contributed by atoms with van der Waals surface area (Å²) in [7, 11) is 2.16. The van der Waals surface area contributed by atoms with E-state index >= 15 is 0 Å². The van der Waals surface area contributed by atoms with Crippen LogP contribution in [0.15, 0.2) is 36.5 Å². The summed E-state index contributed by atoms with van der Waals surface area (Å²) < 4.78 is 5.94. The molecule has 0 unspecified atom stereocenters. The molecular formula is C24H26N6O. The number of likely N-dealkylation sites (N-methyl/N-ethyl adjacent to an activating group) is 1. The molecule has 1 N–H and O–H groups in total. The zero-order valence-electron chi connectivity index (χ0n) is 17.7. The monoisotopic (exact) mass is 414 g/mol. The Morgan fingerprint density at radius 2 is 1.87 bits per heavy atom. The van der Waals surface area contributed by atoms with Crippen LogP contribution in [0.25, 0.3) is 11.0 Å². The van der Waals surface area contributed by atoms with Crippen molar-refractivity contribution < 1.29 is 4.74 Å². The first-order chi connectivity index (χ1) is 15.2. The number of ether oxygens (including phenoxy) is 1. The van der Waals surface area contributed by atoms with Crippen LogP contribution in [0.1, 0.15) is 24.8 Å². The third kappa shape index (κ3) is 4.25. The van der Waals surface area contributed by atoms with Crippen molar-refractivity contribution >= 4 is 28.4 Å². The summed E-state index contributed by atoms with van der Waals surface area (Å²) in [5.74, 6) is 3.72. The van der Waals surface area contributed by atoms with E-state index in [1.54, 1.807) is 12.3 Å². The van der Waals surface area contributed by atoms with Crippen molar-refractivity contribution in [2.45, 2.75) is 25.4 Å². The van der Waals surface area contributed by atoms with Crippen LogP contribution in [0.3, 0.4) is 0 Å².